The van der Waals surface area contributed by atoms with E-state index in [-0.39, 0.29) is 5.91 Å². The number of nitrogens with zero attached hydrogens (tertiary/aromatic N) is 2. The Morgan fingerprint density at radius 3 is 2.64 bits per heavy atom. The number of para-hydroxylation sites is 1. The molecule has 25 heavy (non-hydrogen) atoms. The highest BCUT2D eigenvalue weighted by atomic mass is 16.1. The van der Waals surface area contributed by atoms with Crippen LogP contribution in [0.2, 0.25) is 0 Å². The van der Waals surface area contributed by atoms with Crippen molar-refractivity contribution in [3.63, 3.8) is 0 Å². The van der Waals surface area contributed by atoms with Crippen molar-refractivity contribution >= 4 is 17.4 Å². The Kier molecular flexibility index (Phi) is 6.51. The van der Waals surface area contributed by atoms with E-state index in [1.165, 1.54) is 5.56 Å². The van der Waals surface area contributed by atoms with E-state index in [0.717, 1.165) is 24.1 Å². The van der Waals surface area contributed by atoms with Gasteiger partial charge in [0.1, 0.15) is 17.3 Å². The second-order valence-corrected chi connectivity index (χ2v) is 6.71. The Bertz CT molecular complexity index is 740. The number of rotatable bonds is 7. The summed E-state index contributed by atoms with van der Waals surface area (Å²) >= 11 is 0. The van der Waals surface area contributed by atoms with Crippen LogP contribution in [0.1, 0.15) is 54.6 Å². The summed E-state index contributed by atoms with van der Waals surface area (Å²) in [6.45, 7) is 10.9. The fraction of sp³-hybridized carbons (Fsp3) is 0.450. The predicted octanol–water partition coefficient (Wildman–Crippen LogP) is 4.18. The third kappa shape index (κ3) is 5.28. The Labute approximate surface area is 150 Å². The Hall–Kier alpha value is -2.43. The topological polar surface area (TPSA) is 66.9 Å². The molecule has 0 fully saturated rings. The quantitative estimate of drug-likeness (QED) is 0.793. The summed E-state index contributed by atoms with van der Waals surface area (Å²) in [5.41, 5.74) is 3.82. The van der Waals surface area contributed by atoms with Gasteiger partial charge in [0.15, 0.2) is 0 Å². The number of aryl methyl sites for hydroxylation is 3. The Morgan fingerprint density at radius 2 is 1.96 bits per heavy atom. The molecule has 0 saturated carbocycles. The normalized spacial score (nSPS) is 10.8. The first-order valence-corrected chi connectivity index (χ1v) is 8.90. The van der Waals surface area contributed by atoms with E-state index in [9.17, 15) is 4.79 Å². The molecular weight excluding hydrogens is 312 g/mol. The van der Waals surface area contributed by atoms with Crippen LogP contribution < -0.4 is 10.6 Å². The minimum absolute atomic E-state index is 0.158. The van der Waals surface area contributed by atoms with E-state index in [1.807, 2.05) is 0 Å². The van der Waals surface area contributed by atoms with Crippen molar-refractivity contribution in [2.24, 2.45) is 5.92 Å². The van der Waals surface area contributed by atoms with Crippen LogP contribution in [0.5, 0.6) is 0 Å². The minimum Gasteiger partial charge on any atom is -0.351 e. The van der Waals surface area contributed by atoms with Crippen molar-refractivity contribution in [3.05, 3.63) is 46.9 Å². The molecule has 1 amide bonds. The SMILES string of the molecule is CCc1cccc(C)c1Nc1cc(C(=O)NCCC(C)C)nc(C)n1. The molecule has 1 aromatic carbocycles. The molecule has 0 atom stereocenters. The second-order valence-electron chi connectivity index (χ2n) is 6.71. The number of hydrogen-bond acceptors (Lipinski definition) is 4. The lowest BCUT2D eigenvalue weighted by molar-refractivity contribution is 0.0946. The van der Waals surface area contributed by atoms with E-state index in [4.69, 9.17) is 0 Å². The van der Waals surface area contributed by atoms with Crippen LogP contribution in [-0.4, -0.2) is 22.4 Å². The molecule has 5 heteroatoms. The molecule has 0 spiro atoms. The number of benzene rings is 1. The van der Waals surface area contributed by atoms with Gasteiger partial charge in [-0.15, -0.1) is 0 Å². The van der Waals surface area contributed by atoms with Gasteiger partial charge in [-0.2, -0.15) is 0 Å². The minimum atomic E-state index is -0.158. The van der Waals surface area contributed by atoms with Crippen molar-refractivity contribution in [3.8, 4) is 0 Å². The lowest BCUT2D eigenvalue weighted by Gasteiger charge is -2.14. The number of amides is 1. The van der Waals surface area contributed by atoms with E-state index in [2.05, 4.69) is 66.5 Å². The molecule has 0 unspecified atom stereocenters. The average Bonchev–Trinajstić information content (AvgIpc) is 2.55. The van der Waals surface area contributed by atoms with Crippen molar-refractivity contribution in [2.45, 2.75) is 47.5 Å². The number of carbonyl (C=O) groups excluding carboxylic acids is 1. The van der Waals surface area contributed by atoms with Crippen LogP contribution in [0.3, 0.4) is 0 Å². The van der Waals surface area contributed by atoms with Crippen LogP contribution in [0, 0.1) is 19.8 Å². The van der Waals surface area contributed by atoms with Gasteiger partial charge in [-0.05, 0) is 43.7 Å². The summed E-state index contributed by atoms with van der Waals surface area (Å²) in [5, 5.41) is 6.30. The first-order chi connectivity index (χ1) is 11.9. The lowest BCUT2D eigenvalue weighted by Crippen LogP contribution is -2.26. The van der Waals surface area contributed by atoms with Crippen LogP contribution in [-0.2, 0) is 6.42 Å². The van der Waals surface area contributed by atoms with Gasteiger partial charge < -0.3 is 10.6 Å². The summed E-state index contributed by atoms with van der Waals surface area (Å²) in [6, 6.07) is 7.93. The molecule has 0 saturated heterocycles. The summed E-state index contributed by atoms with van der Waals surface area (Å²) in [7, 11) is 0. The lowest BCUT2D eigenvalue weighted by atomic mass is 10.1. The number of aromatic nitrogens is 2. The zero-order valence-electron chi connectivity index (χ0n) is 15.8. The summed E-state index contributed by atoms with van der Waals surface area (Å²) in [6.07, 6.45) is 1.88. The van der Waals surface area contributed by atoms with E-state index in [1.54, 1.807) is 13.0 Å². The van der Waals surface area contributed by atoms with Crippen LogP contribution in [0.25, 0.3) is 0 Å². The van der Waals surface area contributed by atoms with Gasteiger partial charge in [-0.3, -0.25) is 4.79 Å². The van der Waals surface area contributed by atoms with Gasteiger partial charge in [0.2, 0.25) is 0 Å². The van der Waals surface area contributed by atoms with E-state index >= 15 is 0 Å². The van der Waals surface area contributed by atoms with E-state index in [0.29, 0.717) is 29.8 Å². The standard InChI is InChI=1S/C20H28N4O/c1-6-16-9-7-8-14(4)19(16)24-18-12-17(22-15(5)23-18)20(25)21-11-10-13(2)3/h7-9,12-13H,6,10-11H2,1-5H3,(H,21,25)(H,22,23,24). The maximum Gasteiger partial charge on any atom is 0.270 e. The predicted molar refractivity (Wildman–Crippen MR) is 102 cm³/mol. The van der Waals surface area contributed by atoms with Gasteiger partial charge in [-0.25, -0.2) is 9.97 Å². The smallest absolute Gasteiger partial charge is 0.270 e. The van der Waals surface area contributed by atoms with Gasteiger partial charge in [0.25, 0.3) is 5.91 Å². The Morgan fingerprint density at radius 1 is 1.20 bits per heavy atom. The molecule has 2 rings (SSSR count). The third-order valence-corrected chi connectivity index (χ3v) is 4.07. The molecular formula is C20H28N4O. The highest BCUT2D eigenvalue weighted by Gasteiger charge is 2.12. The fourth-order valence-corrected chi connectivity index (χ4v) is 2.64. The van der Waals surface area contributed by atoms with Crippen molar-refractivity contribution < 1.29 is 4.79 Å². The molecule has 0 aliphatic carbocycles. The molecule has 134 valence electrons. The van der Waals surface area contributed by atoms with Crippen molar-refractivity contribution in [1.82, 2.24) is 15.3 Å². The molecule has 0 aliphatic rings. The highest BCUT2D eigenvalue weighted by Crippen LogP contribution is 2.24. The maximum absolute atomic E-state index is 12.3. The molecule has 1 aromatic heterocycles. The summed E-state index contributed by atoms with van der Waals surface area (Å²) < 4.78 is 0. The second kappa shape index (κ2) is 8.60. The fourth-order valence-electron chi connectivity index (χ4n) is 2.64. The van der Waals surface area contributed by atoms with Crippen LogP contribution in [0.4, 0.5) is 11.5 Å². The highest BCUT2D eigenvalue weighted by molar-refractivity contribution is 5.93. The number of anilines is 2. The molecule has 2 N–H and O–H groups in total. The maximum atomic E-state index is 12.3. The zero-order valence-corrected chi connectivity index (χ0v) is 15.8. The number of nitrogens with one attached hydrogen (secondary N) is 2. The monoisotopic (exact) mass is 340 g/mol. The molecule has 0 aliphatic heterocycles. The van der Waals surface area contributed by atoms with Crippen molar-refractivity contribution in [1.29, 1.82) is 0 Å². The molecule has 5 nitrogen and oxygen atoms in total. The molecule has 1 heterocycles. The van der Waals surface area contributed by atoms with Gasteiger partial charge in [0.05, 0.1) is 0 Å². The van der Waals surface area contributed by atoms with Crippen molar-refractivity contribution in [2.75, 3.05) is 11.9 Å². The molecule has 0 bridgehead atoms. The van der Waals surface area contributed by atoms with Crippen LogP contribution in [0.15, 0.2) is 24.3 Å². The summed E-state index contributed by atoms with van der Waals surface area (Å²) in [4.78, 5) is 21.1. The first kappa shape index (κ1) is 18.9. The molecule has 0 radical (unpaired) electrons. The largest absolute Gasteiger partial charge is 0.351 e. The molecule has 2 aromatic rings. The van der Waals surface area contributed by atoms with Gasteiger partial charge in [0, 0.05) is 18.3 Å². The van der Waals surface area contributed by atoms with Gasteiger partial charge >= 0.3 is 0 Å². The summed E-state index contributed by atoms with van der Waals surface area (Å²) in [5.74, 6) is 1.61. The Balaban J connectivity index is 2.21. The first-order valence-electron chi connectivity index (χ1n) is 8.90. The van der Waals surface area contributed by atoms with Gasteiger partial charge in [-0.1, -0.05) is 39.0 Å². The third-order valence-electron chi connectivity index (χ3n) is 4.07. The number of carbonyl (C=O) groups is 1. The zero-order chi connectivity index (χ0) is 18.4. The number of hydrogen-bond donors (Lipinski definition) is 2. The van der Waals surface area contributed by atoms with Crippen LogP contribution >= 0.6 is 0 Å². The van der Waals surface area contributed by atoms with E-state index < -0.39 is 0 Å². The average molecular weight is 340 g/mol.